The molecule has 2 N–H and O–H groups in total. The van der Waals surface area contributed by atoms with E-state index >= 15 is 0 Å². The molecule has 0 atom stereocenters. The van der Waals surface area contributed by atoms with Crippen LogP contribution in [0.25, 0.3) is 0 Å². The van der Waals surface area contributed by atoms with Crippen molar-refractivity contribution in [3.8, 4) is 5.75 Å². The monoisotopic (exact) mass is 419 g/mol. The van der Waals surface area contributed by atoms with Crippen molar-refractivity contribution in [2.45, 2.75) is 6.54 Å². The fourth-order valence-corrected chi connectivity index (χ4v) is 2.85. The summed E-state index contributed by atoms with van der Waals surface area (Å²) < 4.78 is 9.94. The maximum absolute atomic E-state index is 12.6. The minimum atomic E-state index is -0.558. The molecule has 0 aliphatic rings. The Morgan fingerprint density at radius 2 is 1.71 bits per heavy atom. The van der Waals surface area contributed by atoms with E-state index in [1.807, 2.05) is 0 Å². The van der Waals surface area contributed by atoms with Gasteiger partial charge < -0.3 is 20.1 Å². The van der Waals surface area contributed by atoms with Gasteiger partial charge in [0, 0.05) is 30.2 Å². The second-order valence-corrected chi connectivity index (χ2v) is 6.52. The van der Waals surface area contributed by atoms with Crippen molar-refractivity contribution in [2.75, 3.05) is 19.5 Å². The highest BCUT2D eigenvalue weighted by molar-refractivity contribution is 6.05. The number of methoxy groups -OCH3 is 2. The molecule has 0 radical (unpaired) electrons. The van der Waals surface area contributed by atoms with Gasteiger partial charge >= 0.3 is 5.97 Å². The van der Waals surface area contributed by atoms with Crippen molar-refractivity contribution in [1.82, 2.24) is 10.3 Å². The highest BCUT2D eigenvalue weighted by Gasteiger charge is 2.13. The first-order valence-electron chi connectivity index (χ1n) is 9.36. The van der Waals surface area contributed by atoms with E-state index in [-0.39, 0.29) is 23.9 Å². The summed E-state index contributed by atoms with van der Waals surface area (Å²) in [5.74, 6) is -0.683. The molecule has 0 unspecified atom stereocenters. The minimum absolute atomic E-state index is 0.139. The third-order valence-corrected chi connectivity index (χ3v) is 4.38. The number of nitrogens with zero attached hydrogens (tertiary/aromatic N) is 1. The van der Waals surface area contributed by atoms with E-state index in [4.69, 9.17) is 9.47 Å². The van der Waals surface area contributed by atoms with Crippen LogP contribution in [0, 0.1) is 0 Å². The smallest absolute Gasteiger partial charge is 0.337 e. The first-order chi connectivity index (χ1) is 15.0. The predicted octanol–water partition coefficient (Wildman–Crippen LogP) is 3.06. The number of aromatic nitrogens is 1. The van der Waals surface area contributed by atoms with Gasteiger partial charge in [-0.2, -0.15) is 0 Å². The van der Waals surface area contributed by atoms with Crippen LogP contribution in [-0.4, -0.2) is 37.0 Å². The first-order valence-corrected chi connectivity index (χ1v) is 9.36. The Morgan fingerprint density at radius 1 is 0.903 bits per heavy atom. The maximum atomic E-state index is 12.6. The Hall–Kier alpha value is -4.20. The Morgan fingerprint density at radius 3 is 2.42 bits per heavy atom. The summed E-state index contributed by atoms with van der Waals surface area (Å²) in [5, 5.41) is 5.53. The average Bonchev–Trinajstić information content (AvgIpc) is 2.82. The Kier molecular flexibility index (Phi) is 6.95. The van der Waals surface area contributed by atoms with Gasteiger partial charge in [0.1, 0.15) is 5.75 Å². The van der Waals surface area contributed by atoms with E-state index in [0.717, 1.165) is 0 Å². The Bertz CT molecular complexity index is 1100. The van der Waals surface area contributed by atoms with Gasteiger partial charge in [-0.3, -0.25) is 14.6 Å². The summed E-state index contributed by atoms with van der Waals surface area (Å²) in [6.45, 7) is 0.139. The number of hydrogen-bond acceptors (Lipinski definition) is 6. The third-order valence-electron chi connectivity index (χ3n) is 4.38. The lowest BCUT2D eigenvalue weighted by atomic mass is 10.1. The molecule has 31 heavy (non-hydrogen) atoms. The normalized spacial score (nSPS) is 10.1. The van der Waals surface area contributed by atoms with E-state index in [1.54, 1.807) is 54.7 Å². The SMILES string of the molecule is COC(=O)c1cc(CNC(=O)c2cccnc2)cc(NC(=O)c2cccc(OC)c2)c1. The number of hydrogen-bond donors (Lipinski definition) is 2. The molecule has 1 heterocycles. The summed E-state index contributed by atoms with van der Waals surface area (Å²) in [4.78, 5) is 40.9. The van der Waals surface area contributed by atoms with Gasteiger partial charge in [-0.05, 0) is 54.1 Å². The number of ether oxygens (including phenoxy) is 2. The van der Waals surface area contributed by atoms with Crippen LogP contribution in [0.4, 0.5) is 5.69 Å². The third kappa shape index (κ3) is 5.66. The zero-order chi connectivity index (χ0) is 22.2. The number of amides is 2. The Balaban J connectivity index is 1.80. The summed E-state index contributed by atoms with van der Waals surface area (Å²) in [7, 11) is 2.79. The average molecular weight is 419 g/mol. The van der Waals surface area contributed by atoms with Crippen LogP contribution >= 0.6 is 0 Å². The standard InChI is InChI=1S/C23H21N3O5/c1-30-20-7-3-5-16(12-20)22(28)26-19-10-15(9-18(11-19)23(29)31-2)13-25-21(27)17-6-4-8-24-14-17/h3-12,14H,13H2,1-2H3,(H,25,27)(H,26,28). The fraction of sp³-hybridized carbons (Fsp3) is 0.130. The van der Waals surface area contributed by atoms with Crippen molar-refractivity contribution in [3.05, 3.63) is 89.2 Å². The van der Waals surface area contributed by atoms with Gasteiger partial charge in [0.25, 0.3) is 11.8 Å². The number of nitrogens with one attached hydrogen (secondary N) is 2. The molecule has 0 fully saturated rings. The van der Waals surface area contributed by atoms with Gasteiger partial charge in [-0.25, -0.2) is 4.79 Å². The summed E-state index contributed by atoms with van der Waals surface area (Å²) >= 11 is 0. The van der Waals surface area contributed by atoms with E-state index in [0.29, 0.717) is 28.1 Å². The molecule has 0 bridgehead atoms. The first kappa shape index (κ1) is 21.5. The molecular formula is C23H21N3O5. The van der Waals surface area contributed by atoms with Gasteiger partial charge in [0.05, 0.1) is 25.3 Å². The van der Waals surface area contributed by atoms with Crippen molar-refractivity contribution in [2.24, 2.45) is 0 Å². The maximum Gasteiger partial charge on any atom is 0.337 e. The lowest BCUT2D eigenvalue weighted by Crippen LogP contribution is -2.23. The lowest BCUT2D eigenvalue weighted by Gasteiger charge is -2.12. The lowest BCUT2D eigenvalue weighted by molar-refractivity contribution is 0.0600. The highest BCUT2D eigenvalue weighted by atomic mass is 16.5. The van der Waals surface area contributed by atoms with Crippen LogP contribution in [0.1, 0.15) is 36.6 Å². The molecule has 0 saturated heterocycles. The molecule has 0 saturated carbocycles. The molecule has 8 nitrogen and oxygen atoms in total. The summed E-state index contributed by atoms with van der Waals surface area (Å²) in [6.07, 6.45) is 3.04. The van der Waals surface area contributed by atoms with Gasteiger partial charge in [0.15, 0.2) is 0 Å². The van der Waals surface area contributed by atoms with Gasteiger partial charge in [-0.1, -0.05) is 6.07 Å². The predicted molar refractivity (Wildman–Crippen MR) is 114 cm³/mol. The van der Waals surface area contributed by atoms with Crippen LogP contribution in [0.2, 0.25) is 0 Å². The molecule has 2 aromatic carbocycles. The molecular weight excluding hydrogens is 398 g/mol. The zero-order valence-electron chi connectivity index (χ0n) is 17.0. The van der Waals surface area contributed by atoms with Crippen molar-refractivity contribution in [1.29, 1.82) is 0 Å². The molecule has 0 aliphatic carbocycles. The Labute approximate surface area is 179 Å². The molecule has 3 aromatic rings. The molecule has 1 aromatic heterocycles. The molecule has 3 rings (SSSR count). The second kappa shape index (κ2) is 10.0. The molecule has 8 heteroatoms. The fourth-order valence-electron chi connectivity index (χ4n) is 2.85. The number of esters is 1. The minimum Gasteiger partial charge on any atom is -0.497 e. The zero-order valence-corrected chi connectivity index (χ0v) is 17.0. The summed E-state index contributed by atoms with van der Waals surface area (Å²) in [5.41, 5.74) is 2.06. The topological polar surface area (TPSA) is 107 Å². The van der Waals surface area contributed by atoms with Gasteiger partial charge in [0.2, 0.25) is 0 Å². The molecule has 158 valence electrons. The van der Waals surface area contributed by atoms with Crippen LogP contribution in [0.5, 0.6) is 5.75 Å². The van der Waals surface area contributed by atoms with Crippen LogP contribution < -0.4 is 15.4 Å². The van der Waals surface area contributed by atoms with Crippen LogP contribution in [0.3, 0.4) is 0 Å². The number of rotatable bonds is 7. The van der Waals surface area contributed by atoms with Crippen molar-refractivity contribution < 1.29 is 23.9 Å². The van der Waals surface area contributed by atoms with E-state index in [9.17, 15) is 14.4 Å². The quantitative estimate of drug-likeness (QED) is 0.570. The van der Waals surface area contributed by atoms with E-state index in [1.165, 1.54) is 26.5 Å². The van der Waals surface area contributed by atoms with E-state index in [2.05, 4.69) is 15.6 Å². The molecule has 2 amide bonds. The van der Waals surface area contributed by atoms with Crippen molar-refractivity contribution in [3.63, 3.8) is 0 Å². The largest absolute Gasteiger partial charge is 0.497 e. The molecule has 0 spiro atoms. The number of pyridine rings is 1. The number of benzene rings is 2. The summed E-state index contributed by atoms with van der Waals surface area (Å²) in [6, 6.07) is 14.8. The van der Waals surface area contributed by atoms with Crippen LogP contribution in [0.15, 0.2) is 67.0 Å². The van der Waals surface area contributed by atoms with E-state index < -0.39 is 5.97 Å². The second-order valence-electron chi connectivity index (χ2n) is 6.52. The van der Waals surface area contributed by atoms with Crippen molar-refractivity contribution >= 4 is 23.5 Å². The molecule has 0 aliphatic heterocycles. The van der Waals surface area contributed by atoms with Crippen LogP contribution in [-0.2, 0) is 11.3 Å². The van der Waals surface area contributed by atoms with Gasteiger partial charge in [-0.15, -0.1) is 0 Å². The number of carbonyl (C=O) groups excluding carboxylic acids is 3. The number of carbonyl (C=O) groups is 3. The highest BCUT2D eigenvalue weighted by Crippen LogP contribution is 2.19. The number of anilines is 1.